The second-order valence-corrected chi connectivity index (χ2v) is 10.00. The van der Waals surface area contributed by atoms with Crippen LogP contribution in [-0.2, 0) is 28.6 Å². The van der Waals surface area contributed by atoms with Crippen LogP contribution in [0.15, 0.2) is 48.7 Å². The maximum atomic E-state index is 10.9. The number of aliphatic carboxylic acids is 1. The van der Waals surface area contributed by atoms with Gasteiger partial charge in [0.2, 0.25) is 0 Å². The molecule has 0 amide bonds. The number of rotatable bonds is 11. The molecule has 4 N–H and O–H groups in total. The van der Waals surface area contributed by atoms with Crippen LogP contribution in [0.3, 0.4) is 0 Å². The van der Waals surface area contributed by atoms with Crippen LogP contribution in [-0.4, -0.2) is 38.7 Å². The summed E-state index contributed by atoms with van der Waals surface area (Å²) in [6.07, 6.45) is 4.77. The first-order valence-corrected chi connectivity index (χ1v) is 13.2. The van der Waals surface area contributed by atoms with Gasteiger partial charge in [0.25, 0.3) is 0 Å². The van der Waals surface area contributed by atoms with E-state index in [2.05, 4.69) is 22.1 Å². The lowest BCUT2D eigenvalue weighted by molar-refractivity contribution is -0.136. The van der Waals surface area contributed by atoms with E-state index in [4.69, 9.17) is 20.5 Å². The fraction of sp³-hybridized carbons (Fsp3) is 0.296. The smallest absolute Gasteiger partial charge is 0.493 e. The van der Waals surface area contributed by atoms with E-state index < -0.39 is 14.0 Å². The van der Waals surface area contributed by atoms with Gasteiger partial charge in [0.05, 0.1) is 12.1 Å². The quantitative estimate of drug-likeness (QED) is 0.147. The van der Waals surface area contributed by atoms with E-state index in [0.717, 1.165) is 51.6 Å². The first-order valence-electron chi connectivity index (χ1n) is 11.8. The fourth-order valence-electron chi connectivity index (χ4n) is 4.25. The van der Waals surface area contributed by atoms with Gasteiger partial charge in [0, 0.05) is 29.8 Å². The molecule has 0 fully saturated rings. The molecule has 0 saturated carbocycles. The van der Waals surface area contributed by atoms with Gasteiger partial charge in [-0.05, 0) is 77.3 Å². The van der Waals surface area contributed by atoms with Gasteiger partial charge in [0.1, 0.15) is 11.3 Å². The summed E-state index contributed by atoms with van der Waals surface area (Å²) in [7, 11) is -2.11. The predicted octanol–water partition coefficient (Wildman–Crippen LogP) is 4.98. The molecule has 4 rings (SSSR count). The number of anilines is 1. The van der Waals surface area contributed by atoms with Crippen LogP contribution < -0.4 is 10.5 Å². The number of nitrogen functional groups attached to an aromatic ring is 1. The number of benzene rings is 2. The third-order valence-corrected chi connectivity index (χ3v) is 6.87. The Hall–Kier alpha value is -3.61. The third-order valence-electron chi connectivity index (χ3n) is 6.17. The minimum absolute atomic E-state index is 0.0685. The number of ether oxygens (including phenoxy) is 1. The van der Waals surface area contributed by atoms with Gasteiger partial charge in [-0.1, -0.05) is 18.2 Å². The SMILES string of the molecule is Cc1cc(OCCC[P+](=O)O)ccc1CCc1cnc2c(N)nc3cc(CCC(=O)O)ccc3c2c1. The highest BCUT2D eigenvalue weighted by atomic mass is 31.1. The van der Waals surface area contributed by atoms with E-state index in [1.165, 1.54) is 5.56 Å². The Morgan fingerprint density at radius 1 is 1.06 bits per heavy atom. The zero-order valence-corrected chi connectivity index (χ0v) is 21.0. The molecule has 1 unspecified atom stereocenters. The molecule has 8 nitrogen and oxygen atoms in total. The Morgan fingerprint density at radius 2 is 1.89 bits per heavy atom. The van der Waals surface area contributed by atoms with E-state index in [-0.39, 0.29) is 12.6 Å². The molecule has 2 heterocycles. The summed E-state index contributed by atoms with van der Waals surface area (Å²) in [5.41, 5.74) is 11.9. The highest BCUT2D eigenvalue weighted by Crippen LogP contribution is 2.29. The van der Waals surface area contributed by atoms with Crippen LogP contribution in [0.25, 0.3) is 21.8 Å². The second-order valence-electron chi connectivity index (χ2n) is 8.85. The van der Waals surface area contributed by atoms with Crippen molar-refractivity contribution >= 4 is 41.6 Å². The number of aryl methyl sites for hydroxylation is 4. The number of fused-ring (bicyclic) bond motifs is 3. The number of hydrogen-bond acceptors (Lipinski definition) is 6. The molecule has 0 aliphatic heterocycles. The zero-order valence-electron chi connectivity index (χ0n) is 20.1. The van der Waals surface area contributed by atoms with Crippen molar-refractivity contribution in [3.8, 4) is 5.75 Å². The second kappa shape index (κ2) is 11.4. The van der Waals surface area contributed by atoms with Crippen molar-refractivity contribution < 1.29 is 24.1 Å². The van der Waals surface area contributed by atoms with Crippen molar-refractivity contribution in [3.05, 3.63) is 70.9 Å². The molecule has 0 aliphatic carbocycles. The monoisotopic (exact) mass is 506 g/mol. The summed E-state index contributed by atoms with van der Waals surface area (Å²) in [4.78, 5) is 28.9. The first-order chi connectivity index (χ1) is 17.3. The molecule has 2 aromatic heterocycles. The number of carboxylic acid groups (broad SMARTS) is 1. The molecule has 9 heteroatoms. The van der Waals surface area contributed by atoms with Gasteiger partial charge >= 0.3 is 14.0 Å². The van der Waals surface area contributed by atoms with E-state index in [0.29, 0.717) is 30.8 Å². The molecule has 1 atom stereocenters. The maximum Gasteiger partial charge on any atom is 0.505 e. The van der Waals surface area contributed by atoms with E-state index in [1.807, 2.05) is 43.5 Å². The van der Waals surface area contributed by atoms with Crippen molar-refractivity contribution in [3.63, 3.8) is 0 Å². The van der Waals surface area contributed by atoms with Gasteiger partial charge in [0.15, 0.2) is 12.0 Å². The van der Waals surface area contributed by atoms with Gasteiger partial charge in [-0.2, -0.15) is 4.89 Å². The summed E-state index contributed by atoms with van der Waals surface area (Å²) in [5.74, 6) is 0.287. The number of hydrogen-bond donors (Lipinski definition) is 3. The van der Waals surface area contributed by atoms with Gasteiger partial charge < -0.3 is 15.6 Å². The number of carboxylic acids is 1. The molecule has 186 valence electrons. The Morgan fingerprint density at radius 3 is 2.64 bits per heavy atom. The molecule has 0 aliphatic rings. The van der Waals surface area contributed by atoms with Crippen LogP contribution in [0.2, 0.25) is 0 Å². The van der Waals surface area contributed by atoms with Crippen LogP contribution in [0.4, 0.5) is 5.82 Å². The Bertz CT molecular complexity index is 1440. The van der Waals surface area contributed by atoms with Crippen LogP contribution >= 0.6 is 8.03 Å². The fourth-order valence-corrected chi connectivity index (χ4v) is 4.65. The Kier molecular flexibility index (Phi) is 8.08. The van der Waals surface area contributed by atoms with E-state index in [1.54, 1.807) is 0 Å². The van der Waals surface area contributed by atoms with Gasteiger partial charge in [-0.25, -0.2) is 4.98 Å². The average Bonchev–Trinajstić information content (AvgIpc) is 2.84. The van der Waals surface area contributed by atoms with Crippen molar-refractivity contribution in [2.45, 2.75) is 39.0 Å². The van der Waals surface area contributed by atoms with Gasteiger partial charge in [-0.3, -0.25) is 9.78 Å². The Labute approximate surface area is 210 Å². The molecular formula is C27H29N3O5P+. The van der Waals surface area contributed by atoms with E-state index >= 15 is 0 Å². The molecule has 0 saturated heterocycles. The Balaban J connectivity index is 1.49. The lowest BCUT2D eigenvalue weighted by Gasteiger charge is -2.11. The normalized spacial score (nSPS) is 11.7. The number of nitrogens with two attached hydrogens (primary N) is 1. The molecule has 2 aromatic carbocycles. The molecule has 36 heavy (non-hydrogen) atoms. The van der Waals surface area contributed by atoms with Crippen molar-refractivity contribution in [2.24, 2.45) is 0 Å². The lowest BCUT2D eigenvalue weighted by Crippen LogP contribution is -2.01. The zero-order chi connectivity index (χ0) is 25.7. The summed E-state index contributed by atoms with van der Waals surface area (Å²) < 4.78 is 16.5. The number of pyridine rings is 2. The molecule has 0 spiro atoms. The molecule has 4 aromatic rings. The number of carbonyl (C=O) groups is 1. The van der Waals surface area contributed by atoms with Crippen LogP contribution in [0, 0.1) is 6.92 Å². The minimum Gasteiger partial charge on any atom is -0.493 e. The average molecular weight is 507 g/mol. The van der Waals surface area contributed by atoms with Crippen molar-refractivity contribution in [2.75, 3.05) is 18.5 Å². The largest absolute Gasteiger partial charge is 0.505 e. The minimum atomic E-state index is -2.11. The third kappa shape index (κ3) is 6.33. The number of aromatic nitrogens is 2. The van der Waals surface area contributed by atoms with Crippen LogP contribution in [0.1, 0.15) is 35.1 Å². The maximum absolute atomic E-state index is 10.9. The lowest BCUT2D eigenvalue weighted by atomic mass is 9.99. The van der Waals surface area contributed by atoms with Crippen LogP contribution in [0.5, 0.6) is 5.75 Å². The highest BCUT2D eigenvalue weighted by molar-refractivity contribution is 7.37. The molecule has 0 bridgehead atoms. The predicted molar refractivity (Wildman–Crippen MR) is 141 cm³/mol. The standard InChI is InChI=1S/C27H28N3O5P/c1-17-13-21(35-11-2-12-36(33)34)8-7-20(17)6-3-19-14-23-22-9-4-18(5-10-25(31)32)15-24(22)30-27(28)26(23)29-16-19/h4,7-9,13-16H,2-3,5-6,10-12H2,1H3,(H3-,28,30,31,32,33,34)/p+1. The summed E-state index contributed by atoms with van der Waals surface area (Å²) in [6, 6.07) is 13.9. The summed E-state index contributed by atoms with van der Waals surface area (Å²) in [6.45, 7) is 2.46. The van der Waals surface area contributed by atoms with Crippen molar-refractivity contribution in [1.82, 2.24) is 9.97 Å². The van der Waals surface area contributed by atoms with Crippen molar-refractivity contribution in [1.29, 1.82) is 0 Å². The number of nitrogens with zero attached hydrogens (tertiary/aromatic N) is 2. The van der Waals surface area contributed by atoms with E-state index in [9.17, 15) is 9.36 Å². The van der Waals surface area contributed by atoms with Gasteiger partial charge in [-0.15, -0.1) is 0 Å². The first kappa shape index (κ1) is 25.5. The summed E-state index contributed by atoms with van der Waals surface area (Å²) >= 11 is 0. The highest BCUT2D eigenvalue weighted by Gasteiger charge is 2.12. The molecule has 0 radical (unpaired) electrons. The summed E-state index contributed by atoms with van der Waals surface area (Å²) in [5, 5.41) is 10.8. The topological polar surface area (TPSA) is 136 Å². The molecular weight excluding hydrogens is 477 g/mol.